The highest BCUT2D eigenvalue weighted by Crippen LogP contribution is 2.21. The molecule has 0 aliphatic carbocycles. The van der Waals surface area contributed by atoms with Gasteiger partial charge in [-0.3, -0.25) is 4.90 Å². The first kappa shape index (κ1) is 15.9. The van der Waals surface area contributed by atoms with Crippen LogP contribution in [0.15, 0.2) is 18.2 Å². The second-order valence-electron chi connectivity index (χ2n) is 5.45. The maximum atomic E-state index is 13.9. The highest BCUT2D eigenvalue weighted by Gasteiger charge is 2.32. The van der Waals surface area contributed by atoms with Gasteiger partial charge < -0.3 is 0 Å². The number of sulfone groups is 1. The maximum absolute atomic E-state index is 13.9. The zero-order valence-corrected chi connectivity index (χ0v) is 12.9. The second-order valence-corrected chi connectivity index (χ2v) is 7.67. The standard InChI is InChI=1S/C15H19FN2O2S/c1-2-6-18(14-5-7-21(19,20)11-14)10-13-8-12(9-17)3-4-15(13)16/h3-4,8,14H,2,5-7,10-11H2,1H3/t14-/m1/s1. The molecule has 0 amide bonds. The van der Waals surface area contributed by atoms with Crippen LogP contribution in [0.5, 0.6) is 0 Å². The van der Waals surface area contributed by atoms with Gasteiger partial charge in [0.15, 0.2) is 9.84 Å². The Morgan fingerprint density at radius 1 is 1.48 bits per heavy atom. The summed E-state index contributed by atoms with van der Waals surface area (Å²) in [6.07, 6.45) is 1.47. The topological polar surface area (TPSA) is 61.2 Å². The molecule has 1 saturated heterocycles. The summed E-state index contributed by atoms with van der Waals surface area (Å²) >= 11 is 0. The number of nitriles is 1. The number of benzene rings is 1. The van der Waals surface area contributed by atoms with Gasteiger partial charge in [0, 0.05) is 18.2 Å². The number of rotatable bonds is 5. The molecule has 0 aromatic heterocycles. The Bertz CT molecular complexity index is 652. The van der Waals surface area contributed by atoms with E-state index in [0.29, 0.717) is 24.1 Å². The molecule has 1 fully saturated rings. The monoisotopic (exact) mass is 310 g/mol. The summed E-state index contributed by atoms with van der Waals surface area (Å²) < 4.78 is 37.1. The maximum Gasteiger partial charge on any atom is 0.151 e. The minimum atomic E-state index is -2.96. The molecule has 0 N–H and O–H groups in total. The lowest BCUT2D eigenvalue weighted by Crippen LogP contribution is -2.36. The SMILES string of the molecule is CCCN(Cc1cc(C#N)ccc1F)[C@@H]1CCS(=O)(=O)C1. The molecule has 2 rings (SSSR count). The van der Waals surface area contributed by atoms with E-state index < -0.39 is 9.84 Å². The fourth-order valence-electron chi connectivity index (χ4n) is 2.73. The minimum absolute atomic E-state index is 0.0555. The Hall–Kier alpha value is -1.45. The number of nitrogens with zero attached hydrogens (tertiary/aromatic N) is 2. The van der Waals surface area contributed by atoms with Crippen molar-refractivity contribution in [1.82, 2.24) is 4.90 Å². The molecule has 1 aliphatic heterocycles. The van der Waals surface area contributed by atoms with Crippen molar-refractivity contribution in [1.29, 1.82) is 5.26 Å². The number of halogens is 1. The molecule has 0 unspecified atom stereocenters. The molecule has 1 heterocycles. The normalized spacial score (nSPS) is 20.6. The van der Waals surface area contributed by atoms with Gasteiger partial charge in [-0.25, -0.2) is 12.8 Å². The van der Waals surface area contributed by atoms with Gasteiger partial charge in [-0.2, -0.15) is 5.26 Å². The van der Waals surface area contributed by atoms with E-state index >= 15 is 0 Å². The van der Waals surface area contributed by atoms with Crippen LogP contribution >= 0.6 is 0 Å². The first-order chi connectivity index (χ1) is 9.95. The lowest BCUT2D eigenvalue weighted by atomic mass is 10.1. The fraction of sp³-hybridized carbons (Fsp3) is 0.533. The largest absolute Gasteiger partial charge is 0.295 e. The average Bonchev–Trinajstić information content (AvgIpc) is 2.81. The summed E-state index contributed by atoms with van der Waals surface area (Å²) in [5.74, 6) is 0.00137. The highest BCUT2D eigenvalue weighted by atomic mass is 32.2. The van der Waals surface area contributed by atoms with Gasteiger partial charge in [0.1, 0.15) is 5.82 Å². The Morgan fingerprint density at radius 3 is 2.81 bits per heavy atom. The lowest BCUT2D eigenvalue weighted by Gasteiger charge is -2.27. The van der Waals surface area contributed by atoms with Crippen LogP contribution in [0.25, 0.3) is 0 Å². The van der Waals surface area contributed by atoms with Crippen molar-refractivity contribution in [3.63, 3.8) is 0 Å². The van der Waals surface area contributed by atoms with Gasteiger partial charge in [-0.1, -0.05) is 6.92 Å². The number of hydrogen-bond donors (Lipinski definition) is 0. The van der Waals surface area contributed by atoms with Crippen molar-refractivity contribution < 1.29 is 12.8 Å². The van der Waals surface area contributed by atoms with Crippen LogP contribution < -0.4 is 0 Å². The van der Waals surface area contributed by atoms with E-state index in [1.807, 2.05) is 17.9 Å². The van der Waals surface area contributed by atoms with Crippen molar-refractivity contribution >= 4 is 9.84 Å². The average molecular weight is 310 g/mol. The third kappa shape index (κ3) is 4.02. The van der Waals surface area contributed by atoms with Gasteiger partial charge in [0.25, 0.3) is 0 Å². The van der Waals surface area contributed by atoms with Crippen LogP contribution in [0.3, 0.4) is 0 Å². The van der Waals surface area contributed by atoms with Gasteiger partial charge in [0.2, 0.25) is 0 Å². The summed E-state index contributed by atoms with van der Waals surface area (Å²) in [6, 6.07) is 6.23. The molecule has 4 nitrogen and oxygen atoms in total. The Morgan fingerprint density at radius 2 is 2.24 bits per heavy atom. The molecular weight excluding hydrogens is 291 g/mol. The molecule has 0 bridgehead atoms. The van der Waals surface area contributed by atoms with E-state index in [0.717, 1.165) is 13.0 Å². The van der Waals surface area contributed by atoms with E-state index in [4.69, 9.17) is 5.26 Å². The molecule has 6 heteroatoms. The minimum Gasteiger partial charge on any atom is -0.295 e. The predicted octanol–water partition coefficient (Wildman–Crippen LogP) is 2.10. The molecule has 1 aromatic carbocycles. The molecule has 21 heavy (non-hydrogen) atoms. The molecular formula is C15H19FN2O2S. The smallest absolute Gasteiger partial charge is 0.151 e. The Kier molecular flexibility index (Phi) is 4.96. The van der Waals surface area contributed by atoms with Gasteiger partial charge in [-0.15, -0.1) is 0 Å². The Balaban J connectivity index is 2.19. The highest BCUT2D eigenvalue weighted by molar-refractivity contribution is 7.91. The van der Waals surface area contributed by atoms with E-state index in [2.05, 4.69) is 0 Å². The van der Waals surface area contributed by atoms with E-state index in [1.54, 1.807) is 6.07 Å². The molecule has 0 radical (unpaired) electrons. The van der Waals surface area contributed by atoms with Crippen molar-refractivity contribution in [2.45, 2.75) is 32.4 Å². The summed E-state index contributed by atoms with van der Waals surface area (Å²) in [6.45, 7) is 3.07. The first-order valence-electron chi connectivity index (χ1n) is 7.08. The Labute approximate surface area is 125 Å². The van der Waals surface area contributed by atoms with E-state index in [-0.39, 0.29) is 23.4 Å². The van der Waals surface area contributed by atoms with Crippen molar-refractivity contribution in [2.75, 3.05) is 18.1 Å². The summed E-state index contributed by atoms with van der Waals surface area (Å²) in [5.41, 5.74) is 0.869. The zero-order chi connectivity index (χ0) is 15.5. The first-order valence-corrected chi connectivity index (χ1v) is 8.90. The quantitative estimate of drug-likeness (QED) is 0.835. The van der Waals surface area contributed by atoms with Crippen LogP contribution in [0.4, 0.5) is 4.39 Å². The second kappa shape index (κ2) is 6.54. The van der Waals surface area contributed by atoms with Crippen molar-refractivity contribution in [3.8, 4) is 6.07 Å². The molecule has 1 aliphatic rings. The third-order valence-electron chi connectivity index (χ3n) is 3.78. The molecule has 1 aromatic rings. The van der Waals surface area contributed by atoms with Crippen LogP contribution in [-0.4, -0.2) is 37.4 Å². The zero-order valence-electron chi connectivity index (χ0n) is 12.0. The molecule has 114 valence electrons. The predicted molar refractivity (Wildman–Crippen MR) is 78.9 cm³/mol. The number of hydrogen-bond acceptors (Lipinski definition) is 4. The van der Waals surface area contributed by atoms with Crippen LogP contribution in [0.2, 0.25) is 0 Å². The van der Waals surface area contributed by atoms with E-state index in [1.165, 1.54) is 12.1 Å². The van der Waals surface area contributed by atoms with Crippen molar-refractivity contribution in [2.24, 2.45) is 0 Å². The van der Waals surface area contributed by atoms with Crippen LogP contribution in [0.1, 0.15) is 30.9 Å². The molecule has 0 saturated carbocycles. The van der Waals surface area contributed by atoms with Gasteiger partial charge >= 0.3 is 0 Å². The van der Waals surface area contributed by atoms with Gasteiger partial charge in [-0.05, 0) is 37.6 Å². The lowest BCUT2D eigenvalue weighted by molar-refractivity contribution is 0.201. The van der Waals surface area contributed by atoms with Crippen LogP contribution in [0, 0.1) is 17.1 Å². The third-order valence-corrected chi connectivity index (χ3v) is 5.53. The molecule has 1 atom stereocenters. The summed E-state index contributed by atoms with van der Waals surface area (Å²) in [7, 11) is -2.96. The fourth-order valence-corrected chi connectivity index (χ4v) is 4.49. The summed E-state index contributed by atoms with van der Waals surface area (Å²) in [4.78, 5) is 2.02. The molecule has 0 spiro atoms. The summed E-state index contributed by atoms with van der Waals surface area (Å²) in [5, 5.41) is 8.91. The van der Waals surface area contributed by atoms with Gasteiger partial charge in [0.05, 0.1) is 23.1 Å². The van der Waals surface area contributed by atoms with E-state index in [9.17, 15) is 12.8 Å². The van der Waals surface area contributed by atoms with Crippen molar-refractivity contribution in [3.05, 3.63) is 35.1 Å². The van der Waals surface area contributed by atoms with Crippen LogP contribution in [-0.2, 0) is 16.4 Å².